The number of aliphatic hydroxyl groups is 4. The highest BCUT2D eigenvalue weighted by molar-refractivity contribution is 5.85. The van der Waals surface area contributed by atoms with Gasteiger partial charge in [0.2, 0.25) is 0 Å². The second kappa shape index (κ2) is 8.75. The van der Waals surface area contributed by atoms with E-state index in [0.717, 1.165) is 63.4 Å². The van der Waals surface area contributed by atoms with Gasteiger partial charge in [0.05, 0.1) is 18.3 Å². The van der Waals surface area contributed by atoms with Crippen molar-refractivity contribution in [3.63, 3.8) is 0 Å². The molecule has 0 bridgehead atoms. The molecule has 4 saturated carbocycles. The lowest BCUT2D eigenvalue weighted by molar-refractivity contribution is -0.231. The number of carbonyl (C=O) groups excluding carboxylic acids is 1. The molecule has 2 heterocycles. The molecule has 4 aliphatic carbocycles. The minimum Gasteiger partial charge on any atom is -0.458 e. The molecule has 2 aliphatic heterocycles. The van der Waals surface area contributed by atoms with Crippen LogP contribution in [0.5, 0.6) is 0 Å². The van der Waals surface area contributed by atoms with Crippen LogP contribution in [0.15, 0.2) is 11.6 Å². The van der Waals surface area contributed by atoms with Gasteiger partial charge in [-0.2, -0.15) is 0 Å². The summed E-state index contributed by atoms with van der Waals surface area (Å²) < 4.78 is 17.0. The zero-order chi connectivity index (χ0) is 25.5. The van der Waals surface area contributed by atoms with Crippen LogP contribution in [0, 0.1) is 34.5 Å². The Balaban J connectivity index is 1.16. The first-order valence-electron chi connectivity index (χ1n) is 14.0. The molecule has 1 saturated heterocycles. The lowest BCUT2D eigenvalue weighted by atomic mass is 9.43. The Hall–Kier alpha value is -1.03. The summed E-state index contributed by atoms with van der Waals surface area (Å²) >= 11 is 0. The fourth-order valence-electron chi connectivity index (χ4n) is 9.66. The fraction of sp³-hybridized carbons (Fsp3) is 0.893. The van der Waals surface area contributed by atoms with E-state index in [9.17, 15) is 25.2 Å². The third kappa shape index (κ3) is 3.51. The van der Waals surface area contributed by atoms with Crippen molar-refractivity contribution in [3.8, 4) is 0 Å². The van der Waals surface area contributed by atoms with E-state index in [1.54, 1.807) is 6.08 Å². The van der Waals surface area contributed by atoms with Crippen molar-refractivity contribution in [1.29, 1.82) is 0 Å². The van der Waals surface area contributed by atoms with E-state index in [1.165, 1.54) is 0 Å². The first-order chi connectivity index (χ1) is 17.1. The Kier molecular flexibility index (Phi) is 6.14. The molecule has 8 nitrogen and oxygen atoms in total. The summed E-state index contributed by atoms with van der Waals surface area (Å²) in [5.74, 6) is 1.16. The first-order valence-corrected chi connectivity index (χ1v) is 14.0. The van der Waals surface area contributed by atoms with Gasteiger partial charge in [-0.3, -0.25) is 0 Å². The van der Waals surface area contributed by atoms with Crippen molar-refractivity contribution in [2.75, 3.05) is 13.2 Å². The van der Waals surface area contributed by atoms with Crippen LogP contribution >= 0.6 is 0 Å². The molecule has 0 aromatic carbocycles. The van der Waals surface area contributed by atoms with Gasteiger partial charge >= 0.3 is 5.97 Å². The topological polar surface area (TPSA) is 126 Å². The predicted molar refractivity (Wildman–Crippen MR) is 128 cm³/mol. The van der Waals surface area contributed by atoms with Crippen LogP contribution in [0.1, 0.15) is 71.6 Å². The summed E-state index contributed by atoms with van der Waals surface area (Å²) in [7, 11) is 0. The third-order valence-electron chi connectivity index (χ3n) is 11.8. The van der Waals surface area contributed by atoms with Crippen LogP contribution < -0.4 is 0 Å². The van der Waals surface area contributed by atoms with Crippen LogP contribution in [0.4, 0.5) is 0 Å². The number of fused-ring (bicyclic) bond motifs is 5. The molecule has 4 N–H and O–H groups in total. The summed E-state index contributed by atoms with van der Waals surface area (Å²) in [6, 6.07) is 0. The average Bonchev–Trinajstić information content (AvgIpc) is 3.48. The Morgan fingerprint density at radius 2 is 1.83 bits per heavy atom. The summed E-state index contributed by atoms with van der Waals surface area (Å²) in [6.45, 7) is 4.70. The predicted octanol–water partition coefficient (Wildman–Crippen LogP) is 2.07. The van der Waals surface area contributed by atoms with Gasteiger partial charge in [0, 0.05) is 11.5 Å². The summed E-state index contributed by atoms with van der Waals surface area (Å²) in [5, 5.41) is 42.1. The van der Waals surface area contributed by atoms with Crippen LogP contribution in [0.2, 0.25) is 0 Å². The molecule has 8 heteroatoms. The maximum Gasteiger partial charge on any atom is 0.331 e. The van der Waals surface area contributed by atoms with Crippen molar-refractivity contribution in [1.82, 2.24) is 0 Å². The van der Waals surface area contributed by atoms with E-state index >= 15 is 0 Å². The molecule has 202 valence electrons. The molecule has 0 unspecified atom stereocenters. The SMILES string of the molecule is C[C@]12CC[C@H](O[C@@H]3O[C@@H](CO)[C@H](O)[C@H]3O)C[C@H]1CC[C@@H]1[C@@H]2CC[C@]2(C)[C@@H](C3=CC(=O)OC3)CC[C@]12O. The highest BCUT2D eigenvalue weighted by atomic mass is 16.7. The van der Waals surface area contributed by atoms with Gasteiger partial charge < -0.3 is 34.6 Å². The molecule has 0 spiro atoms. The second-order valence-electron chi connectivity index (χ2n) is 13.0. The van der Waals surface area contributed by atoms with Gasteiger partial charge in [0.1, 0.15) is 24.9 Å². The number of esters is 1. The summed E-state index contributed by atoms with van der Waals surface area (Å²) in [5.41, 5.74) is 0.258. The zero-order valence-corrected chi connectivity index (χ0v) is 21.5. The maximum atomic E-state index is 12.3. The summed E-state index contributed by atoms with van der Waals surface area (Å²) in [6.07, 6.45) is 6.15. The standard InChI is InChI=1S/C28H42O8/c1-26-8-5-17(35-25-24(32)23(31)21(13-29)36-25)12-16(26)3-4-20-19(26)6-9-27(2)18(7-10-28(20,27)33)15-11-22(30)34-14-15/h11,16-21,23-25,29,31-33H,3-10,12-14H2,1-2H3/t16-,17+,18-,19+,20-,21+,23+,24-,25-,26+,27-,28+/m1/s1. The molecule has 0 amide bonds. The van der Waals surface area contributed by atoms with Crippen molar-refractivity contribution in [3.05, 3.63) is 11.6 Å². The third-order valence-corrected chi connectivity index (χ3v) is 11.8. The number of hydrogen-bond donors (Lipinski definition) is 4. The molecule has 12 atom stereocenters. The monoisotopic (exact) mass is 506 g/mol. The number of hydrogen-bond acceptors (Lipinski definition) is 8. The van der Waals surface area contributed by atoms with Crippen LogP contribution in [-0.2, 0) is 19.0 Å². The first kappa shape index (κ1) is 25.3. The quantitative estimate of drug-likeness (QED) is 0.427. The number of ether oxygens (including phenoxy) is 3. The van der Waals surface area contributed by atoms with Crippen molar-refractivity contribution in [2.24, 2.45) is 34.5 Å². The van der Waals surface area contributed by atoms with E-state index in [1.807, 2.05) is 0 Å². The van der Waals surface area contributed by atoms with Gasteiger partial charge in [-0.05, 0) is 92.4 Å². The smallest absolute Gasteiger partial charge is 0.331 e. The van der Waals surface area contributed by atoms with Crippen LogP contribution in [-0.4, -0.2) is 75.9 Å². The normalized spacial score (nSPS) is 54.4. The molecule has 0 aromatic heterocycles. The Morgan fingerprint density at radius 1 is 1.03 bits per heavy atom. The molecule has 0 aromatic rings. The lowest BCUT2D eigenvalue weighted by Crippen LogP contribution is -2.62. The minimum absolute atomic E-state index is 0.0523. The van der Waals surface area contributed by atoms with Gasteiger partial charge in [-0.25, -0.2) is 4.79 Å². The Bertz CT molecular complexity index is 921. The van der Waals surface area contributed by atoms with Gasteiger partial charge in [0.15, 0.2) is 6.29 Å². The van der Waals surface area contributed by atoms with Crippen LogP contribution in [0.3, 0.4) is 0 Å². The number of cyclic esters (lactones) is 1. The molecule has 36 heavy (non-hydrogen) atoms. The minimum atomic E-state index is -1.15. The number of carbonyl (C=O) groups is 1. The van der Waals surface area contributed by atoms with Crippen molar-refractivity contribution >= 4 is 5.97 Å². The molecular formula is C28H42O8. The second-order valence-corrected chi connectivity index (χ2v) is 13.0. The average molecular weight is 507 g/mol. The highest BCUT2D eigenvalue weighted by Gasteiger charge is 2.67. The molecule has 6 rings (SSSR count). The van der Waals surface area contributed by atoms with E-state index in [0.29, 0.717) is 18.4 Å². The van der Waals surface area contributed by atoms with Gasteiger partial charge in [-0.1, -0.05) is 13.8 Å². The molecule has 6 aliphatic rings. The van der Waals surface area contributed by atoms with Crippen molar-refractivity contribution in [2.45, 2.75) is 108 Å². The molecular weight excluding hydrogens is 464 g/mol. The lowest BCUT2D eigenvalue weighted by Gasteiger charge is -2.63. The van der Waals surface area contributed by atoms with Crippen molar-refractivity contribution < 1.29 is 39.4 Å². The van der Waals surface area contributed by atoms with Crippen LogP contribution in [0.25, 0.3) is 0 Å². The van der Waals surface area contributed by atoms with Gasteiger partial charge in [-0.15, -0.1) is 0 Å². The van der Waals surface area contributed by atoms with E-state index in [-0.39, 0.29) is 41.3 Å². The number of rotatable bonds is 4. The Morgan fingerprint density at radius 3 is 2.53 bits per heavy atom. The zero-order valence-electron chi connectivity index (χ0n) is 21.5. The van der Waals surface area contributed by atoms with Gasteiger partial charge in [0.25, 0.3) is 0 Å². The van der Waals surface area contributed by atoms with E-state index in [2.05, 4.69) is 13.8 Å². The van der Waals surface area contributed by atoms with E-state index < -0.39 is 30.2 Å². The number of aliphatic hydroxyl groups excluding tert-OH is 3. The largest absolute Gasteiger partial charge is 0.458 e. The maximum absolute atomic E-state index is 12.3. The fourth-order valence-corrected chi connectivity index (χ4v) is 9.66. The highest BCUT2D eigenvalue weighted by Crippen LogP contribution is 2.70. The molecule has 0 radical (unpaired) electrons. The molecule has 5 fully saturated rings. The Labute approximate surface area is 213 Å². The summed E-state index contributed by atoms with van der Waals surface area (Å²) in [4.78, 5) is 11.8. The van der Waals surface area contributed by atoms with E-state index in [4.69, 9.17) is 14.2 Å².